The summed E-state index contributed by atoms with van der Waals surface area (Å²) >= 11 is 0. The molecule has 2 nitrogen and oxygen atoms in total. The zero-order chi connectivity index (χ0) is 10.2. The second-order valence-corrected chi connectivity index (χ2v) is 3.33. The molecule has 0 fully saturated rings. The van der Waals surface area contributed by atoms with Gasteiger partial charge in [-0.15, -0.1) is 0 Å². The Kier molecular flexibility index (Phi) is 2.41. The Morgan fingerprint density at radius 3 is 2.15 bits per heavy atom. The molecule has 0 amide bonds. The van der Waals surface area contributed by atoms with E-state index in [1.807, 2.05) is 13.8 Å². The smallest absolute Gasteiger partial charge is 0.444 e. The first-order chi connectivity index (χ1) is 5.84. The molecule has 1 heterocycles. The van der Waals surface area contributed by atoms with Crippen LogP contribution in [-0.2, 0) is 7.05 Å². The van der Waals surface area contributed by atoms with Crippen LogP contribution < -0.4 is 5.59 Å². The first kappa shape index (κ1) is 10.1. The van der Waals surface area contributed by atoms with Crippen LogP contribution in [0.4, 0.5) is 12.9 Å². The van der Waals surface area contributed by atoms with Crippen LogP contribution in [0.1, 0.15) is 25.6 Å². The van der Waals surface area contributed by atoms with E-state index in [4.69, 9.17) is 0 Å². The zero-order valence-electron chi connectivity index (χ0n) is 7.76. The van der Waals surface area contributed by atoms with Crippen LogP contribution in [0, 0.1) is 0 Å². The zero-order valence-corrected chi connectivity index (χ0v) is 7.76. The van der Waals surface area contributed by atoms with Gasteiger partial charge < -0.3 is 17.5 Å². The van der Waals surface area contributed by atoms with Gasteiger partial charge in [0, 0.05) is 19.2 Å². The molecular formula is C7H11BF3N2-. The maximum absolute atomic E-state index is 12.3. The van der Waals surface area contributed by atoms with Gasteiger partial charge in [0.05, 0.1) is 0 Å². The average Bonchev–Trinajstić information content (AvgIpc) is 2.28. The average molecular weight is 191 g/mol. The molecule has 1 aromatic rings. The Labute approximate surface area is 74.8 Å². The molecule has 0 N–H and O–H groups in total. The summed E-state index contributed by atoms with van der Waals surface area (Å²) in [6, 6.07) is 0. The highest BCUT2D eigenvalue weighted by Crippen LogP contribution is 2.14. The van der Waals surface area contributed by atoms with Crippen molar-refractivity contribution in [3.63, 3.8) is 0 Å². The van der Waals surface area contributed by atoms with Crippen molar-refractivity contribution >= 4 is 12.6 Å². The van der Waals surface area contributed by atoms with E-state index in [2.05, 4.69) is 4.98 Å². The molecule has 0 radical (unpaired) electrons. The van der Waals surface area contributed by atoms with Gasteiger partial charge in [0.25, 0.3) is 0 Å². The predicted molar refractivity (Wildman–Crippen MR) is 46.0 cm³/mol. The lowest BCUT2D eigenvalue weighted by Gasteiger charge is -2.16. The molecule has 0 aliphatic rings. The number of rotatable bonds is 2. The van der Waals surface area contributed by atoms with Gasteiger partial charge >= 0.3 is 6.98 Å². The molecule has 0 saturated heterocycles. The fraction of sp³-hybridized carbons (Fsp3) is 0.571. The Morgan fingerprint density at radius 2 is 1.92 bits per heavy atom. The van der Waals surface area contributed by atoms with Crippen molar-refractivity contribution in [1.82, 2.24) is 9.55 Å². The standard InChI is InChI=1S/C7H11BF3N2/c1-5(2)7-12-4-6(13(7)3)8(9,10)11/h4-5H,1-3H3/q-1. The van der Waals surface area contributed by atoms with E-state index < -0.39 is 12.6 Å². The van der Waals surface area contributed by atoms with Crippen molar-refractivity contribution in [2.45, 2.75) is 19.8 Å². The van der Waals surface area contributed by atoms with E-state index in [0.717, 1.165) is 10.8 Å². The topological polar surface area (TPSA) is 17.8 Å². The third-order valence-corrected chi connectivity index (χ3v) is 1.91. The highest BCUT2D eigenvalue weighted by Gasteiger charge is 2.30. The molecule has 0 bridgehead atoms. The number of imidazole rings is 1. The lowest BCUT2D eigenvalue weighted by molar-refractivity contribution is 0.494. The van der Waals surface area contributed by atoms with Crippen LogP contribution >= 0.6 is 0 Å². The highest BCUT2D eigenvalue weighted by atomic mass is 19.4. The molecule has 0 aromatic carbocycles. The minimum atomic E-state index is -4.94. The van der Waals surface area contributed by atoms with E-state index in [1.165, 1.54) is 7.05 Å². The molecule has 1 rings (SSSR count). The molecule has 0 unspecified atom stereocenters. The Balaban J connectivity index is 3.14. The summed E-state index contributed by atoms with van der Waals surface area (Å²) in [5, 5.41) is 0. The predicted octanol–water partition coefficient (Wildman–Crippen LogP) is 1.60. The van der Waals surface area contributed by atoms with Crippen LogP contribution in [-0.4, -0.2) is 16.5 Å². The normalized spacial score (nSPS) is 12.5. The molecule has 0 atom stereocenters. The second-order valence-electron chi connectivity index (χ2n) is 3.33. The molecule has 0 aliphatic carbocycles. The van der Waals surface area contributed by atoms with Crippen molar-refractivity contribution in [3.05, 3.63) is 12.0 Å². The quantitative estimate of drug-likeness (QED) is 0.649. The van der Waals surface area contributed by atoms with E-state index in [1.54, 1.807) is 0 Å². The molecule has 1 aromatic heterocycles. The van der Waals surface area contributed by atoms with Gasteiger partial charge in [0.1, 0.15) is 5.82 Å². The van der Waals surface area contributed by atoms with E-state index in [0.29, 0.717) is 5.82 Å². The summed E-state index contributed by atoms with van der Waals surface area (Å²) < 4.78 is 38.1. The van der Waals surface area contributed by atoms with E-state index in [9.17, 15) is 12.9 Å². The first-order valence-electron chi connectivity index (χ1n) is 4.05. The summed E-state index contributed by atoms with van der Waals surface area (Å²) in [5.74, 6) is 0.478. The molecular weight excluding hydrogens is 180 g/mol. The third kappa shape index (κ3) is 1.87. The van der Waals surface area contributed by atoms with Crippen LogP contribution in [0.25, 0.3) is 0 Å². The number of hydrogen-bond donors (Lipinski definition) is 0. The van der Waals surface area contributed by atoms with Crippen LogP contribution in [0.3, 0.4) is 0 Å². The molecule has 6 heteroatoms. The molecule has 74 valence electrons. The van der Waals surface area contributed by atoms with Gasteiger partial charge in [-0.25, -0.2) is 4.98 Å². The second kappa shape index (κ2) is 3.08. The Bertz CT molecular complexity index is 303. The fourth-order valence-corrected chi connectivity index (χ4v) is 1.28. The lowest BCUT2D eigenvalue weighted by Crippen LogP contribution is -2.39. The summed E-state index contributed by atoms with van der Waals surface area (Å²) in [7, 11) is 1.40. The largest absolute Gasteiger partial charge is 0.527 e. The summed E-state index contributed by atoms with van der Waals surface area (Å²) in [6.07, 6.45) is 0.898. The highest BCUT2D eigenvalue weighted by molar-refractivity contribution is 6.72. The number of nitrogens with zero attached hydrogens (tertiary/aromatic N) is 2. The van der Waals surface area contributed by atoms with Crippen molar-refractivity contribution in [2.75, 3.05) is 0 Å². The summed E-state index contributed by atoms with van der Waals surface area (Å²) in [4.78, 5) is 3.74. The van der Waals surface area contributed by atoms with E-state index >= 15 is 0 Å². The maximum Gasteiger partial charge on any atom is 0.527 e. The SMILES string of the molecule is CC(C)c1ncc([B-](F)(F)F)n1C. The van der Waals surface area contributed by atoms with Gasteiger partial charge in [-0.3, -0.25) is 0 Å². The van der Waals surface area contributed by atoms with Crippen LogP contribution in [0.5, 0.6) is 0 Å². The van der Waals surface area contributed by atoms with Crippen molar-refractivity contribution < 1.29 is 12.9 Å². The monoisotopic (exact) mass is 191 g/mol. The van der Waals surface area contributed by atoms with Gasteiger partial charge in [0.2, 0.25) is 0 Å². The molecule has 0 aliphatic heterocycles. The minimum Gasteiger partial charge on any atom is -0.444 e. The molecule has 0 spiro atoms. The molecule has 13 heavy (non-hydrogen) atoms. The van der Waals surface area contributed by atoms with Crippen molar-refractivity contribution in [2.24, 2.45) is 7.05 Å². The molecule has 0 saturated carbocycles. The van der Waals surface area contributed by atoms with Gasteiger partial charge in [0.15, 0.2) is 0 Å². The van der Waals surface area contributed by atoms with Crippen molar-refractivity contribution in [3.8, 4) is 0 Å². The number of halogens is 3. The minimum absolute atomic E-state index is 0.0110. The van der Waals surface area contributed by atoms with Gasteiger partial charge in [-0.1, -0.05) is 13.8 Å². The lowest BCUT2D eigenvalue weighted by atomic mass is 9.87. The Hall–Kier alpha value is -0.935. The maximum atomic E-state index is 12.3. The summed E-state index contributed by atoms with van der Waals surface area (Å²) in [5.41, 5.74) is -0.635. The van der Waals surface area contributed by atoms with E-state index in [-0.39, 0.29) is 5.92 Å². The summed E-state index contributed by atoms with van der Waals surface area (Å²) in [6.45, 7) is -1.31. The number of aromatic nitrogens is 2. The fourth-order valence-electron chi connectivity index (χ4n) is 1.28. The van der Waals surface area contributed by atoms with Gasteiger partial charge in [-0.2, -0.15) is 0 Å². The first-order valence-corrected chi connectivity index (χ1v) is 4.05. The number of hydrogen-bond acceptors (Lipinski definition) is 1. The van der Waals surface area contributed by atoms with Crippen LogP contribution in [0.15, 0.2) is 6.20 Å². The third-order valence-electron chi connectivity index (χ3n) is 1.91. The van der Waals surface area contributed by atoms with Crippen molar-refractivity contribution in [1.29, 1.82) is 0 Å². The Morgan fingerprint density at radius 1 is 1.38 bits per heavy atom. The van der Waals surface area contributed by atoms with Gasteiger partial charge in [-0.05, 0) is 5.59 Å². The van der Waals surface area contributed by atoms with Crippen LogP contribution in [0.2, 0.25) is 0 Å².